The first-order valence-corrected chi connectivity index (χ1v) is 8.30. The van der Waals surface area contributed by atoms with E-state index in [2.05, 4.69) is 6.92 Å². The second kappa shape index (κ2) is 5.68. The number of benzene rings is 2. The van der Waals surface area contributed by atoms with Crippen molar-refractivity contribution in [2.75, 3.05) is 0 Å². The molecule has 1 heterocycles. The van der Waals surface area contributed by atoms with Gasteiger partial charge in [0.05, 0.1) is 5.69 Å². The van der Waals surface area contributed by atoms with E-state index in [0.29, 0.717) is 16.7 Å². The van der Waals surface area contributed by atoms with Crippen LogP contribution in [0.3, 0.4) is 0 Å². The van der Waals surface area contributed by atoms with Crippen molar-refractivity contribution < 1.29 is 9.59 Å². The molecule has 3 heteroatoms. The third-order valence-corrected chi connectivity index (χ3v) is 4.67. The normalized spacial score (nSPS) is 12.3. The lowest BCUT2D eigenvalue weighted by atomic mass is 9.84. The van der Waals surface area contributed by atoms with Gasteiger partial charge in [0.25, 0.3) is 0 Å². The van der Waals surface area contributed by atoms with Gasteiger partial charge in [0.15, 0.2) is 12.1 Å². The van der Waals surface area contributed by atoms with E-state index in [9.17, 15) is 9.59 Å². The molecule has 0 radical (unpaired) electrons. The van der Waals surface area contributed by atoms with Gasteiger partial charge in [-0.25, -0.2) is 0 Å². The second-order valence-corrected chi connectivity index (χ2v) is 6.18. The fraction of sp³-hybridized carbons (Fsp3) is 0.190. The minimum atomic E-state index is 0.00339. The number of aryl methyl sites for hydroxylation is 1. The van der Waals surface area contributed by atoms with Crippen molar-refractivity contribution in [3.8, 4) is 11.3 Å². The van der Waals surface area contributed by atoms with Crippen LogP contribution in [0.25, 0.3) is 22.0 Å². The van der Waals surface area contributed by atoms with Gasteiger partial charge in [-0.05, 0) is 30.4 Å². The molecule has 0 bridgehead atoms. The van der Waals surface area contributed by atoms with Crippen LogP contribution in [0, 0.1) is 0 Å². The highest BCUT2D eigenvalue weighted by Gasteiger charge is 2.27. The summed E-state index contributed by atoms with van der Waals surface area (Å²) in [4.78, 5) is 29.2. The Morgan fingerprint density at radius 3 is 2.58 bits per heavy atom. The van der Waals surface area contributed by atoms with Crippen molar-refractivity contribution >= 4 is 22.8 Å². The molecule has 0 fully saturated rings. The molecule has 0 saturated carbocycles. The number of unbranched alkanes of at least 4 members (excludes halogenated alkanes) is 1. The lowest BCUT2D eigenvalue weighted by Crippen LogP contribution is -2.12. The number of pyridine rings is 1. The van der Waals surface area contributed by atoms with Crippen molar-refractivity contribution in [3.63, 3.8) is 0 Å². The number of carbonyl (C=O) groups excluding carboxylic acids is 2. The number of ketones is 1. The average molecular weight is 315 g/mol. The molecule has 0 spiro atoms. The first kappa shape index (κ1) is 14.8. The quantitative estimate of drug-likeness (QED) is 0.517. The number of nitrogens with zero attached hydrogens (tertiary/aromatic N) is 1. The zero-order chi connectivity index (χ0) is 16.7. The number of hydrogen-bond acceptors (Lipinski definition) is 3. The van der Waals surface area contributed by atoms with E-state index in [1.165, 1.54) is 0 Å². The maximum atomic E-state index is 12.8. The van der Waals surface area contributed by atoms with Crippen molar-refractivity contribution in [3.05, 3.63) is 64.8 Å². The topological polar surface area (TPSA) is 47.0 Å². The Balaban J connectivity index is 2.11. The minimum Gasteiger partial charge on any atom is -0.298 e. The van der Waals surface area contributed by atoms with Crippen LogP contribution >= 0.6 is 0 Å². The fourth-order valence-electron chi connectivity index (χ4n) is 3.45. The molecule has 118 valence electrons. The Kier molecular flexibility index (Phi) is 3.49. The standard InChI is InChI=1S/C21H17NO2/c1-2-3-6-14-11-18-13(12-23)9-10-17-19(18)20(22-14)15-7-4-5-8-16(15)21(17)24/h4-5,7-12H,2-3,6H2,1H3. The lowest BCUT2D eigenvalue weighted by molar-refractivity contribution is 0.103. The molecule has 4 rings (SSSR count). The van der Waals surface area contributed by atoms with E-state index < -0.39 is 0 Å². The molecule has 0 aliphatic heterocycles. The van der Waals surface area contributed by atoms with Crippen LogP contribution in [0.2, 0.25) is 0 Å². The van der Waals surface area contributed by atoms with Crippen LogP contribution in [0.4, 0.5) is 0 Å². The molecule has 3 nitrogen and oxygen atoms in total. The number of aromatic nitrogens is 1. The van der Waals surface area contributed by atoms with Gasteiger partial charge in [0.2, 0.25) is 0 Å². The summed E-state index contributed by atoms with van der Waals surface area (Å²) in [6.07, 6.45) is 3.87. The third-order valence-electron chi connectivity index (χ3n) is 4.67. The van der Waals surface area contributed by atoms with Crippen LogP contribution in [0.15, 0.2) is 42.5 Å². The summed E-state index contributed by atoms with van der Waals surface area (Å²) in [5, 5.41) is 1.64. The number of fused-ring (bicyclic) bond motifs is 2. The van der Waals surface area contributed by atoms with Crippen molar-refractivity contribution in [1.82, 2.24) is 4.98 Å². The summed E-state index contributed by atoms with van der Waals surface area (Å²) in [6, 6.07) is 13.1. The van der Waals surface area contributed by atoms with Crippen molar-refractivity contribution in [2.45, 2.75) is 26.2 Å². The summed E-state index contributed by atoms with van der Waals surface area (Å²) >= 11 is 0. The third kappa shape index (κ3) is 2.08. The van der Waals surface area contributed by atoms with E-state index in [4.69, 9.17) is 4.98 Å². The first-order chi connectivity index (χ1) is 11.7. The molecule has 0 amide bonds. The van der Waals surface area contributed by atoms with Crippen LogP contribution in [-0.4, -0.2) is 17.1 Å². The summed E-state index contributed by atoms with van der Waals surface area (Å²) in [7, 11) is 0. The van der Waals surface area contributed by atoms with E-state index in [1.807, 2.05) is 30.3 Å². The largest absolute Gasteiger partial charge is 0.298 e. The Bertz CT molecular complexity index is 989. The van der Waals surface area contributed by atoms with Crippen molar-refractivity contribution in [2.24, 2.45) is 0 Å². The van der Waals surface area contributed by atoms with Gasteiger partial charge < -0.3 is 0 Å². The zero-order valence-electron chi connectivity index (χ0n) is 13.5. The molecule has 0 unspecified atom stereocenters. The highest BCUT2D eigenvalue weighted by Crippen LogP contribution is 2.39. The average Bonchev–Trinajstić information content (AvgIpc) is 2.63. The minimum absolute atomic E-state index is 0.00339. The molecule has 1 aliphatic carbocycles. The van der Waals surface area contributed by atoms with E-state index in [0.717, 1.165) is 53.3 Å². The fourth-order valence-corrected chi connectivity index (χ4v) is 3.45. The van der Waals surface area contributed by atoms with Gasteiger partial charge in [0, 0.05) is 33.3 Å². The Labute approximate surface area is 140 Å². The molecular formula is C21H17NO2. The van der Waals surface area contributed by atoms with Gasteiger partial charge in [-0.15, -0.1) is 0 Å². The number of carbonyl (C=O) groups is 2. The van der Waals surface area contributed by atoms with E-state index in [-0.39, 0.29) is 5.78 Å². The maximum Gasteiger partial charge on any atom is 0.194 e. The van der Waals surface area contributed by atoms with Crippen molar-refractivity contribution in [1.29, 1.82) is 0 Å². The molecular weight excluding hydrogens is 298 g/mol. The summed E-state index contributed by atoms with van der Waals surface area (Å²) < 4.78 is 0. The molecule has 1 aromatic heterocycles. The Hall–Kier alpha value is -2.81. The van der Waals surface area contributed by atoms with Crippen LogP contribution in [0.5, 0.6) is 0 Å². The monoisotopic (exact) mass is 315 g/mol. The smallest absolute Gasteiger partial charge is 0.194 e. The van der Waals surface area contributed by atoms with Crippen LogP contribution in [-0.2, 0) is 6.42 Å². The lowest BCUT2D eigenvalue weighted by Gasteiger charge is -2.20. The number of hydrogen-bond donors (Lipinski definition) is 0. The molecule has 0 N–H and O–H groups in total. The highest BCUT2D eigenvalue weighted by molar-refractivity contribution is 6.26. The molecule has 0 atom stereocenters. The van der Waals surface area contributed by atoms with Crippen LogP contribution in [0.1, 0.15) is 51.7 Å². The number of rotatable bonds is 4. The summed E-state index contributed by atoms with van der Waals surface area (Å²) in [5.74, 6) is 0.00339. The predicted octanol–water partition coefficient (Wildman–Crippen LogP) is 4.60. The van der Waals surface area contributed by atoms with Gasteiger partial charge in [-0.3, -0.25) is 14.6 Å². The zero-order valence-corrected chi connectivity index (χ0v) is 13.5. The summed E-state index contributed by atoms with van der Waals surface area (Å²) in [6.45, 7) is 2.15. The predicted molar refractivity (Wildman–Crippen MR) is 94.6 cm³/mol. The Morgan fingerprint density at radius 2 is 1.83 bits per heavy atom. The van der Waals surface area contributed by atoms with E-state index in [1.54, 1.807) is 12.1 Å². The van der Waals surface area contributed by atoms with Gasteiger partial charge >= 0.3 is 0 Å². The summed E-state index contributed by atoms with van der Waals surface area (Å²) in [5.41, 5.74) is 4.60. The molecule has 2 aromatic carbocycles. The van der Waals surface area contributed by atoms with Gasteiger partial charge in [-0.1, -0.05) is 43.7 Å². The Morgan fingerprint density at radius 1 is 1.04 bits per heavy atom. The molecule has 3 aromatic rings. The number of aldehydes is 1. The highest BCUT2D eigenvalue weighted by atomic mass is 16.1. The van der Waals surface area contributed by atoms with Gasteiger partial charge in [0.1, 0.15) is 0 Å². The maximum absolute atomic E-state index is 12.8. The van der Waals surface area contributed by atoms with Gasteiger partial charge in [-0.2, -0.15) is 0 Å². The van der Waals surface area contributed by atoms with E-state index >= 15 is 0 Å². The molecule has 1 aliphatic rings. The SMILES string of the molecule is CCCCc1cc2c(C=O)ccc3c2c(n1)-c1ccccc1C3=O. The van der Waals surface area contributed by atoms with Crippen LogP contribution < -0.4 is 0 Å². The first-order valence-electron chi connectivity index (χ1n) is 8.30. The molecule has 24 heavy (non-hydrogen) atoms. The molecule has 0 saturated heterocycles. The second-order valence-electron chi connectivity index (χ2n) is 6.18.